The van der Waals surface area contributed by atoms with Crippen LogP contribution in [0.5, 0.6) is 17.5 Å². The smallest absolute Gasteiger partial charge is 0.237 e. The van der Waals surface area contributed by atoms with Gasteiger partial charge in [-0.25, -0.2) is 9.97 Å². The van der Waals surface area contributed by atoms with Gasteiger partial charge in [0.15, 0.2) is 0 Å². The van der Waals surface area contributed by atoms with Gasteiger partial charge in [0.25, 0.3) is 0 Å². The fraction of sp³-hybridized carbons (Fsp3) is 0.419. The van der Waals surface area contributed by atoms with E-state index in [1.54, 1.807) is 13.3 Å². The molecule has 0 unspecified atom stereocenters. The summed E-state index contributed by atoms with van der Waals surface area (Å²) in [5.41, 5.74) is 8.81. The molecule has 0 bridgehead atoms. The highest BCUT2D eigenvalue weighted by atomic mass is 35.5. The Morgan fingerprint density at radius 1 is 1.14 bits per heavy atom. The summed E-state index contributed by atoms with van der Waals surface area (Å²) in [5, 5.41) is 0.546. The van der Waals surface area contributed by atoms with Crippen molar-refractivity contribution >= 4 is 41.4 Å². The molecule has 4 rings (SSSR count). The topological polar surface area (TPSA) is 114 Å². The number of hydrogen-bond donors (Lipinski definition) is 2. The zero-order valence-corrected chi connectivity index (χ0v) is 27.1. The van der Waals surface area contributed by atoms with E-state index in [9.17, 15) is 0 Å². The zero-order chi connectivity index (χ0) is 30.8. The third-order valence-corrected chi connectivity index (χ3v) is 8.05. The van der Waals surface area contributed by atoms with Gasteiger partial charge in [0.05, 0.1) is 22.9 Å². The van der Waals surface area contributed by atoms with Crippen LogP contribution in [-0.4, -0.2) is 72.9 Å². The van der Waals surface area contributed by atoms with Gasteiger partial charge >= 0.3 is 0 Å². The van der Waals surface area contributed by atoms with Crippen molar-refractivity contribution in [1.29, 1.82) is 0 Å². The van der Waals surface area contributed by atoms with Crippen LogP contribution >= 0.6 is 23.5 Å². The molecule has 10 nitrogen and oxygen atoms in total. The van der Waals surface area contributed by atoms with E-state index in [4.69, 9.17) is 41.8 Å². The number of nitrogens with one attached hydrogen (secondary N) is 1. The number of benzene rings is 1. The van der Waals surface area contributed by atoms with Crippen LogP contribution in [0.15, 0.2) is 52.5 Å². The normalized spacial score (nSPS) is 14.5. The first-order valence-electron chi connectivity index (χ1n) is 14.5. The molecule has 0 aliphatic carbocycles. The Balaban J connectivity index is 1.72. The van der Waals surface area contributed by atoms with E-state index in [-0.39, 0.29) is 0 Å². The maximum Gasteiger partial charge on any atom is 0.237 e. The Kier molecular flexibility index (Phi) is 11.9. The number of nitrogens with two attached hydrogens (primary N) is 1. The quantitative estimate of drug-likeness (QED) is 0.166. The lowest BCUT2D eigenvalue weighted by molar-refractivity contribution is 0.279. The Morgan fingerprint density at radius 3 is 2.60 bits per heavy atom. The summed E-state index contributed by atoms with van der Waals surface area (Å²) in [6.45, 7) is 10.7. The van der Waals surface area contributed by atoms with Gasteiger partial charge in [-0.05, 0) is 56.0 Å². The third kappa shape index (κ3) is 8.75. The van der Waals surface area contributed by atoms with Gasteiger partial charge in [0.1, 0.15) is 16.5 Å². The minimum Gasteiger partial charge on any atom is -0.478 e. The molecule has 3 N–H and O–H groups in total. The van der Waals surface area contributed by atoms with Crippen LogP contribution in [0.3, 0.4) is 0 Å². The molecule has 1 aliphatic heterocycles. The van der Waals surface area contributed by atoms with Crippen molar-refractivity contribution in [2.24, 2.45) is 16.6 Å². The molecule has 3 heterocycles. The van der Waals surface area contributed by atoms with Crippen LogP contribution in [0.25, 0.3) is 11.4 Å². The first kappa shape index (κ1) is 32.4. The fourth-order valence-corrected chi connectivity index (χ4v) is 5.27. The van der Waals surface area contributed by atoms with E-state index in [1.165, 1.54) is 18.1 Å². The largest absolute Gasteiger partial charge is 0.478 e. The van der Waals surface area contributed by atoms with Gasteiger partial charge in [-0.1, -0.05) is 44.5 Å². The first-order valence-corrected chi connectivity index (χ1v) is 15.7. The number of piperazine rings is 1. The molecule has 1 aromatic carbocycles. The van der Waals surface area contributed by atoms with Crippen LogP contribution in [0, 0.1) is 5.92 Å². The molecular formula is C31H41ClN8O2S. The maximum atomic E-state index is 6.96. The molecule has 12 heteroatoms. The van der Waals surface area contributed by atoms with E-state index in [0.717, 1.165) is 43.9 Å². The number of nitrogens with zero attached hydrogens (tertiary/aromatic N) is 6. The van der Waals surface area contributed by atoms with Gasteiger partial charge in [-0.2, -0.15) is 4.98 Å². The Bertz CT molecular complexity index is 1430. The lowest BCUT2D eigenvalue weighted by Crippen LogP contribution is -2.44. The van der Waals surface area contributed by atoms with Crippen LogP contribution in [-0.2, 0) is 6.42 Å². The molecule has 2 aromatic heterocycles. The molecule has 1 saturated heterocycles. The number of aliphatic imine (C=N–C) groups is 1. The Morgan fingerprint density at radius 2 is 1.91 bits per heavy atom. The predicted molar refractivity (Wildman–Crippen MR) is 179 cm³/mol. The second kappa shape index (κ2) is 15.8. The molecule has 43 heavy (non-hydrogen) atoms. The second-order valence-electron chi connectivity index (χ2n) is 10.6. The summed E-state index contributed by atoms with van der Waals surface area (Å²) in [4.78, 5) is 23.7. The van der Waals surface area contributed by atoms with Crippen molar-refractivity contribution in [1.82, 2.24) is 19.9 Å². The summed E-state index contributed by atoms with van der Waals surface area (Å²) in [5.74, 6) is 2.32. The number of rotatable bonds is 13. The zero-order valence-electron chi connectivity index (χ0n) is 25.5. The second-order valence-corrected chi connectivity index (χ2v) is 11.8. The van der Waals surface area contributed by atoms with Gasteiger partial charge in [-0.15, -0.1) is 0 Å². The minimum atomic E-state index is 0.329. The predicted octanol–water partition coefficient (Wildman–Crippen LogP) is 6.28. The van der Waals surface area contributed by atoms with E-state index in [0.29, 0.717) is 63.7 Å². The summed E-state index contributed by atoms with van der Waals surface area (Å²) >= 11 is 8.21. The van der Waals surface area contributed by atoms with Crippen LogP contribution in [0.4, 0.5) is 11.6 Å². The van der Waals surface area contributed by atoms with Crippen molar-refractivity contribution in [3.8, 4) is 28.9 Å². The number of halogens is 1. The van der Waals surface area contributed by atoms with Crippen LogP contribution < -0.4 is 24.8 Å². The summed E-state index contributed by atoms with van der Waals surface area (Å²) in [6, 6.07) is 11.5. The molecule has 0 saturated carbocycles. The number of likely N-dealkylation sites (N-methyl/N-ethyl adjacent to an activating group) is 1. The van der Waals surface area contributed by atoms with E-state index >= 15 is 0 Å². The monoisotopic (exact) mass is 624 g/mol. The number of aromatic nitrogens is 3. The maximum absolute atomic E-state index is 6.96. The van der Waals surface area contributed by atoms with Gasteiger partial charge in [-0.3, -0.25) is 9.71 Å². The Hall–Kier alpha value is -3.54. The fourth-order valence-electron chi connectivity index (χ4n) is 4.46. The van der Waals surface area contributed by atoms with Crippen LogP contribution in [0.2, 0.25) is 5.02 Å². The van der Waals surface area contributed by atoms with Crippen LogP contribution in [0.1, 0.15) is 32.8 Å². The van der Waals surface area contributed by atoms with Crippen molar-refractivity contribution < 1.29 is 9.47 Å². The first-order chi connectivity index (χ1) is 20.8. The number of allylic oxidation sites excluding steroid dienone is 1. The van der Waals surface area contributed by atoms with E-state index in [1.807, 2.05) is 43.3 Å². The Labute approximate surface area is 263 Å². The number of hydrogen-bond acceptors (Lipinski definition) is 11. The summed E-state index contributed by atoms with van der Waals surface area (Å²) in [6.07, 6.45) is 4.66. The molecule has 230 valence electrons. The third-order valence-electron chi connectivity index (χ3n) is 6.91. The lowest BCUT2D eigenvalue weighted by atomic mass is 10.1. The number of anilines is 2. The molecule has 0 amide bonds. The highest BCUT2D eigenvalue weighted by molar-refractivity contribution is 8.05. The highest BCUT2D eigenvalue weighted by Gasteiger charge is 2.22. The van der Waals surface area contributed by atoms with Gasteiger partial charge in [0.2, 0.25) is 17.7 Å². The van der Waals surface area contributed by atoms with E-state index < -0.39 is 0 Å². The molecule has 0 spiro atoms. The molecule has 1 fully saturated rings. The van der Waals surface area contributed by atoms with Gasteiger partial charge in [0, 0.05) is 57.3 Å². The number of pyridine rings is 1. The molecule has 3 aromatic rings. The summed E-state index contributed by atoms with van der Waals surface area (Å²) in [7, 11) is 3.81. The lowest BCUT2D eigenvalue weighted by Gasteiger charge is -2.34. The molecule has 0 atom stereocenters. The van der Waals surface area contributed by atoms with Crippen molar-refractivity contribution in [3.63, 3.8) is 0 Å². The molecule has 0 radical (unpaired) electrons. The summed E-state index contributed by atoms with van der Waals surface area (Å²) < 4.78 is 15.6. The van der Waals surface area contributed by atoms with Crippen molar-refractivity contribution in [2.45, 2.75) is 33.6 Å². The molecular weight excluding hydrogens is 584 g/mol. The van der Waals surface area contributed by atoms with Crippen molar-refractivity contribution in [3.05, 3.63) is 58.1 Å². The highest BCUT2D eigenvalue weighted by Crippen LogP contribution is 2.40. The van der Waals surface area contributed by atoms with E-state index in [2.05, 4.69) is 40.4 Å². The minimum absolute atomic E-state index is 0.329. The number of ether oxygens (including phenoxy) is 2. The SMILES string of the molecule is CCc1c(Oc2cccc(N3CCN(C)CC3)c2Cl)nc(NSC(C=NC)=CN)nc1-c1cccc(OCCC(C)C)n1. The average molecular weight is 625 g/mol. The molecule has 1 aliphatic rings. The standard InChI is InChI=1S/C31H41ClN8O2S/c1-6-23-29(24-9-7-12-27(35-24)41-18-13-21(2)3)36-31(38-43-22(19-33)20-34-4)37-30(23)42-26-11-8-10-25(28(26)32)40-16-14-39(5)15-17-40/h7-12,19-21H,6,13-18,33H2,1-5H3,(H,36,37,38). The van der Waals surface area contributed by atoms with Gasteiger partial charge < -0.3 is 25.0 Å². The average Bonchev–Trinajstić information content (AvgIpc) is 3.00. The van der Waals surface area contributed by atoms with Crippen molar-refractivity contribution in [2.75, 3.05) is 56.5 Å².